The first-order valence-electron chi connectivity index (χ1n) is 7.69. The Morgan fingerprint density at radius 1 is 1.22 bits per heavy atom. The van der Waals surface area contributed by atoms with Gasteiger partial charge in [0.15, 0.2) is 0 Å². The van der Waals surface area contributed by atoms with E-state index < -0.39 is 10.0 Å². The first kappa shape index (κ1) is 18.2. The van der Waals surface area contributed by atoms with Gasteiger partial charge in [0.2, 0.25) is 10.0 Å². The molecule has 0 bridgehead atoms. The molecule has 6 nitrogen and oxygen atoms in total. The van der Waals surface area contributed by atoms with Gasteiger partial charge in [-0.1, -0.05) is 6.07 Å². The van der Waals surface area contributed by atoms with Crippen molar-refractivity contribution in [2.24, 2.45) is 0 Å². The Balaban J connectivity index is 0.00000192. The topological polar surface area (TPSA) is 78.5 Å². The summed E-state index contributed by atoms with van der Waals surface area (Å²) in [5.74, 6) is -0.104. The third-order valence-electron chi connectivity index (χ3n) is 3.92. The summed E-state index contributed by atoms with van der Waals surface area (Å²) in [7, 11) is -3.52. The molecule has 0 atom stereocenters. The molecule has 1 saturated carbocycles. The lowest BCUT2D eigenvalue weighted by atomic mass is 10.2. The minimum Gasteiger partial charge on any atom is -0.337 e. The van der Waals surface area contributed by atoms with Crippen LogP contribution in [0.25, 0.3) is 0 Å². The molecule has 1 aliphatic heterocycles. The Bertz CT molecular complexity index is 654. The maximum Gasteiger partial charge on any atom is 0.253 e. The molecular weight excluding hydrogens is 338 g/mol. The molecule has 1 aliphatic carbocycles. The standard InChI is InChI=1S/C15H21N3O3S.ClH/c19-15(18-9-2-7-16-8-10-18)12-3-1-4-14(11-12)22(20,21)17-13-5-6-13;/h1,3-4,11,13,16-17H,2,5-10H2;1H. The second-order valence-electron chi connectivity index (χ2n) is 5.82. The van der Waals surface area contributed by atoms with Crippen LogP contribution in [0.15, 0.2) is 29.2 Å². The lowest BCUT2D eigenvalue weighted by molar-refractivity contribution is 0.0766. The van der Waals surface area contributed by atoms with E-state index >= 15 is 0 Å². The Kier molecular flexibility index (Phi) is 6.02. The van der Waals surface area contributed by atoms with Gasteiger partial charge in [0.05, 0.1) is 4.90 Å². The highest BCUT2D eigenvalue weighted by Gasteiger charge is 2.28. The molecule has 0 aromatic heterocycles. The van der Waals surface area contributed by atoms with Crippen molar-refractivity contribution in [3.63, 3.8) is 0 Å². The second kappa shape index (κ2) is 7.61. The van der Waals surface area contributed by atoms with Gasteiger partial charge in [-0.15, -0.1) is 12.4 Å². The first-order valence-corrected chi connectivity index (χ1v) is 9.17. The van der Waals surface area contributed by atoms with E-state index in [4.69, 9.17) is 0 Å². The fraction of sp³-hybridized carbons (Fsp3) is 0.533. The largest absolute Gasteiger partial charge is 0.337 e. The van der Waals surface area contributed by atoms with E-state index in [0.717, 1.165) is 32.4 Å². The molecule has 3 rings (SSSR count). The van der Waals surface area contributed by atoms with Crippen molar-refractivity contribution in [3.8, 4) is 0 Å². The average molecular weight is 360 g/mol. The Morgan fingerprint density at radius 2 is 2.00 bits per heavy atom. The minimum absolute atomic E-state index is 0. The van der Waals surface area contributed by atoms with Gasteiger partial charge >= 0.3 is 0 Å². The number of hydrogen-bond donors (Lipinski definition) is 2. The monoisotopic (exact) mass is 359 g/mol. The van der Waals surface area contributed by atoms with Crippen LogP contribution in [-0.4, -0.2) is 51.4 Å². The number of amides is 1. The maximum atomic E-state index is 12.5. The summed E-state index contributed by atoms with van der Waals surface area (Å²) in [6.45, 7) is 3.02. The van der Waals surface area contributed by atoms with Crippen LogP contribution in [0, 0.1) is 0 Å². The lowest BCUT2D eigenvalue weighted by Gasteiger charge is -2.20. The number of nitrogens with one attached hydrogen (secondary N) is 2. The molecule has 8 heteroatoms. The van der Waals surface area contributed by atoms with Gasteiger partial charge in [0, 0.05) is 31.2 Å². The molecule has 1 amide bonds. The summed E-state index contributed by atoms with van der Waals surface area (Å²) >= 11 is 0. The first-order chi connectivity index (χ1) is 10.6. The van der Waals surface area contributed by atoms with Gasteiger partial charge in [-0.2, -0.15) is 0 Å². The summed E-state index contributed by atoms with van der Waals surface area (Å²) in [5.41, 5.74) is 0.431. The van der Waals surface area contributed by atoms with E-state index in [0.29, 0.717) is 18.7 Å². The van der Waals surface area contributed by atoms with Crippen LogP contribution < -0.4 is 10.0 Å². The third-order valence-corrected chi connectivity index (χ3v) is 5.44. The number of carbonyl (C=O) groups is 1. The van der Waals surface area contributed by atoms with Crippen molar-refractivity contribution < 1.29 is 13.2 Å². The lowest BCUT2D eigenvalue weighted by Crippen LogP contribution is -2.34. The third kappa shape index (κ3) is 4.67. The van der Waals surface area contributed by atoms with E-state index in [1.54, 1.807) is 17.0 Å². The number of hydrogen-bond acceptors (Lipinski definition) is 4. The Labute approximate surface area is 143 Å². The summed E-state index contributed by atoms with van der Waals surface area (Å²) in [5, 5.41) is 3.25. The number of nitrogens with zero attached hydrogens (tertiary/aromatic N) is 1. The maximum absolute atomic E-state index is 12.5. The molecular formula is C15H22ClN3O3S. The quantitative estimate of drug-likeness (QED) is 0.840. The zero-order chi connectivity index (χ0) is 15.6. The Hall–Kier alpha value is -1.15. The van der Waals surface area contributed by atoms with Gasteiger partial charge in [-0.25, -0.2) is 13.1 Å². The van der Waals surface area contributed by atoms with Crippen molar-refractivity contribution in [2.75, 3.05) is 26.2 Å². The number of sulfonamides is 1. The molecule has 0 spiro atoms. The van der Waals surface area contributed by atoms with Crippen molar-refractivity contribution in [3.05, 3.63) is 29.8 Å². The number of rotatable bonds is 4. The van der Waals surface area contributed by atoms with Crippen LogP contribution in [0.3, 0.4) is 0 Å². The van der Waals surface area contributed by atoms with Gasteiger partial charge in [-0.3, -0.25) is 4.79 Å². The van der Waals surface area contributed by atoms with Crippen molar-refractivity contribution >= 4 is 28.3 Å². The molecule has 2 N–H and O–H groups in total. The molecule has 1 aromatic rings. The average Bonchev–Trinajstić information content (AvgIpc) is 3.33. The highest BCUT2D eigenvalue weighted by Crippen LogP contribution is 2.22. The van der Waals surface area contributed by atoms with Gasteiger partial charge in [-0.05, 0) is 44.0 Å². The van der Waals surface area contributed by atoms with Crippen LogP contribution in [0.1, 0.15) is 29.6 Å². The van der Waals surface area contributed by atoms with Gasteiger partial charge < -0.3 is 10.2 Å². The van der Waals surface area contributed by atoms with Crippen LogP contribution in [0.2, 0.25) is 0 Å². The molecule has 1 saturated heterocycles. The molecule has 1 aromatic carbocycles. The fourth-order valence-electron chi connectivity index (χ4n) is 2.52. The van der Waals surface area contributed by atoms with Crippen LogP contribution in [0.5, 0.6) is 0 Å². The molecule has 0 radical (unpaired) electrons. The number of halogens is 1. The van der Waals surface area contributed by atoms with Crippen LogP contribution in [0.4, 0.5) is 0 Å². The molecule has 128 valence electrons. The highest BCUT2D eigenvalue weighted by atomic mass is 35.5. The summed E-state index contributed by atoms with van der Waals surface area (Å²) in [6.07, 6.45) is 2.68. The normalized spacial score (nSPS) is 18.9. The number of carbonyl (C=O) groups excluding carboxylic acids is 1. The zero-order valence-electron chi connectivity index (χ0n) is 12.8. The predicted octanol–water partition coefficient (Wildman–Crippen LogP) is 0.985. The van der Waals surface area contributed by atoms with E-state index in [-0.39, 0.29) is 29.3 Å². The minimum atomic E-state index is -3.52. The van der Waals surface area contributed by atoms with Gasteiger partial charge in [0.25, 0.3) is 5.91 Å². The van der Waals surface area contributed by atoms with Crippen LogP contribution >= 0.6 is 12.4 Å². The van der Waals surface area contributed by atoms with E-state index in [9.17, 15) is 13.2 Å². The van der Waals surface area contributed by atoms with E-state index in [1.165, 1.54) is 12.1 Å². The predicted molar refractivity (Wildman–Crippen MR) is 90.4 cm³/mol. The van der Waals surface area contributed by atoms with Gasteiger partial charge in [0.1, 0.15) is 0 Å². The van der Waals surface area contributed by atoms with E-state index in [2.05, 4.69) is 10.0 Å². The van der Waals surface area contributed by atoms with Crippen molar-refractivity contribution in [1.29, 1.82) is 0 Å². The summed E-state index contributed by atoms with van der Waals surface area (Å²) in [6, 6.07) is 6.37. The zero-order valence-corrected chi connectivity index (χ0v) is 14.5. The summed E-state index contributed by atoms with van der Waals surface area (Å²) in [4.78, 5) is 14.5. The Morgan fingerprint density at radius 3 is 2.74 bits per heavy atom. The smallest absolute Gasteiger partial charge is 0.253 e. The molecule has 23 heavy (non-hydrogen) atoms. The molecule has 1 heterocycles. The van der Waals surface area contributed by atoms with Crippen molar-refractivity contribution in [1.82, 2.24) is 14.9 Å². The van der Waals surface area contributed by atoms with E-state index in [1.807, 2.05) is 0 Å². The SMILES string of the molecule is Cl.O=C(c1cccc(S(=O)(=O)NC2CC2)c1)N1CCCNCC1. The van der Waals surface area contributed by atoms with Crippen molar-refractivity contribution in [2.45, 2.75) is 30.2 Å². The molecule has 2 aliphatic rings. The molecule has 0 unspecified atom stereocenters. The summed E-state index contributed by atoms with van der Waals surface area (Å²) < 4.78 is 27.1. The van der Waals surface area contributed by atoms with Crippen LogP contribution in [-0.2, 0) is 10.0 Å². The highest BCUT2D eigenvalue weighted by molar-refractivity contribution is 7.89. The second-order valence-corrected chi connectivity index (χ2v) is 7.53. The number of benzene rings is 1. The molecule has 2 fully saturated rings. The fourth-order valence-corrected chi connectivity index (χ4v) is 3.87.